The van der Waals surface area contributed by atoms with Crippen molar-refractivity contribution in [3.05, 3.63) is 59.2 Å². The number of aromatic amines is 1. The highest BCUT2D eigenvalue weighted by molar-refractivity contribution is 8.00. The summed E-state index contributed by atoms with van der Waals surface area (Å²) in [7, 11) is 0. The van der Waals surface area contributed by atoms with Gasteiger partial charge in [0.2, 0.25) is 11.1 Å². The minimum absolute atomic E-state index is 0.0645. The quantitative estimate of drug-likeness (QED) is 0.652. The fraction of sp³-hybridized carbons (Fsp3) is 0.250. The Kier molecular flexibility index (Phi) is 5.42. The summed E-state index contributed by atoms with van der Waals surface area (Å²) < 4.78 is 0. The molecule has 0 bridgehead atoms. The van der Waals surface area contributed by atoms with E-state index < -0.39 is 0 Å². The number of hydrogen-bond donors (Lipinski definition) is 2. The average molecular weight is 366 g/mol. The summed E-state index contributed by atoms with van der Waals surface area (Å²) in [6, 6.07) is 14.1. The van der Waals surface area contributed by atoms with E-state index in [0.29, 0.717) is 11.0 Å². The third-order valence-corrected chi connectivity index (χ3v) is 5.05. The van der Waals surface area contributed by atoms with E-state index in [1.807, 2.05) is 70.2 Å². The topological polar surface area (TPSA) is 70.7 Å². The fourth-order valence-electron chi connectivity index (χ4n) is 2.46. The number of aryl methyl sites for hydroxylation is 3. The van der Waals surface area contributed by atoms with E-state index in [0.717, 1.165) is 22.4 Å². The van der Waals surface area contributed by atoms with Crippen molar-refractivity contribution in [2.75, 3.05) is 5.32 Å². The molecule has 134 valence electrons. The van der Waals surface area contributed by atoms with Crippen LogP contribution in [0.1, 0.15) is 23.6 Å². The molecule has 5 nitrogen and oxygen atoms in total. The van der Waals surface area contributed by atoms with Crippen LogP contribution in [0, 0.1) is 20.8 Å². The highest BCUT2D eigenvalue weighted by Gasteiger charge is 2.18. The molecule has 0 unspecified atom stereocenters. The van der Waals surface area contributed by atoms with Crippen molar-refractivity contribution in [2.24, 2.45) is 0 Å². The molecular formula is C20H22N4OS. The molecule has 0 aliphatic heterocycles. The molecule has 0 radical (unpaired) electrons. The van der Waals surface area contributed by atoms with Crippen LogP contribution in [-0.4, -0.2) is 26.3 Å². The Morgan fingerprint density at radius 3 is 2.50 bits per heavy atom. The van der Waals surface area contributed by atoms with Crippen LogP contribution in [-0.2, 0) is 4.79 Å². The Morgan fingerprint density at radius 1 is 1.08 bits per heavy atom. The number of amides is 1. The van der Waals surface area contributed by atoms with Gasteiger partial charge in [0.05, 0.1) is 5.25 Å². The number of aromatic nitrogens is 3. The molecule has 3 rings (SSSR count). The minimum atomic E-state index is -0.309. The molecule has 1 aromatic heterocycles. The summed E-state index contributed by atoms with van der Waals surface area (Å²) in [5, 5.41) is 10.4. The second-order valence-corrected chi connectivity index (χ2v) is 7.71. The van der Waals surface area contributed by atoms with Gasteiger partial charge in [-0.1, -0.05) is 53.7 Å². The SMILES string of the molecule is Cc1ccc(-c2nc(S[C@@H](C)C(=O)Nc3cc(C)ccc3C)n[nH]2)cc1. The average Bonchev–Trinajstić information content (AvgIpc) is 3.07. The van der Waals surface area contributed by atoms with Crippen LogP contribution in [0.15, 0.2) is 47.6 Å². The van der Waals surface area contributed by atoms with Gasteiger partial charge in [-0.05, 0) is 44.9 Å². The van der Waals surface area contributed by atoms with Gasteiger partial charge in [-0.3, -0.25) is 9.89 Å². The lowest BCUT2D eigenvalue weighted by Crippen LogP contribution is -2.23. The minimum Gasteiger partial charge on any atom is -0.325 e. The summed E-state index contributed by atoms with van der Waals surface area (Å²) >= 11 is 1.33. The first-order valence-corrected chi connectivity index (χ1v) is 9.34. The molecule has 1 atom stereocenters. The monoisotopic (exact) mass is 366 g/mol. The van der Waals surface area contributed by atoms with Gasteiger partial charge in [-0.25, -0.2) is 4.98 Å². The molecule has 26 heavy (non-hydrogen) atoms. The van der Waals surface area contributed by atoms with Gasteiger partial charge < -0.3 is 5.32 Å². The van der Waals surface area contributed by atoms with Crippen molar-refractivity contribution in [2.45, 2.75) is 38.1 Å². The van der Waals surface area contributed by atoms with Gasteiger partial charge >= 0.3 is 0 Å². The highest BCUT2D eigenvalue weighted by atomic mass is 32.2. The molecule has 6 heteroatoms. The fourth-order valence-corrected chi connectivity index (χ4v) is 3.18. The van der Waals surface area contributed by atoms with Crippen molar-refractivity contribution >= 4 is 23.4 Å². The first kappa shape index (κ1) is 18.2. The lowest BCUT2D eigenvalue weighted by atomic mass is 10.1. The zero-order chi connectivity index (χ0) is 18.7. The van der Waals surface area contributed by atoms with Gasteiger partial charge in [0.1, 0.15) is 0 Å². The standard InChI is InChI=1S/C20H22N4OS/c1-12-6-9-16(10-7-12)18-22-20(24-23-18)26-15(4)19(25)21-17-11-13(2)5-8-14(17)3/h5-11,15H,1-4H3,(H,21,25)(H,22,23,24)/t15-/m0/s1. The van der Waals surface area contributed by atoms with Crippen LogP contribution in [0.2, 0.25) is 0 Å². The number of rotatable bonds is 5. The number of carbonyl (C=O) groups is 1. The van der Waals surface area contributed by atoms with Gasteiger partial charge in [0.25, 0.3) is 0 Å². The van der Waals surface area contributed by atoms with Crippen molar-refractivity contribution in [1.82, 2.24) is 15.2 Å². The third kappa shape index (κ3) is 4.32. The number of carbonyl (C=O) groups excluding carboxylic acids is 1. The summed E-state index contributed by atoms with van der Waals surface area (Å²) in [5.41, 5.74) is 5.17. The normalized spacial score (nSPS) is 12.0. The Balaban J connectivity index is 1.66. The van der Waals surface area contributed by atoms with Crippen molar-refractivity contribution in [3.63, 3.8) is 0 Å². The van der Waals surface area contributed by atoms with Crippen molar-refractivity contribution in [3.8, 4) is 11.4 Å². The number of hydrogen-bond acceptors (Lipinski definition) is 4. The number of thioether (sulfide) groups is 1. The van der Waals surface area contributed by atoms with E-state index in [4.69, 9.17) is 0 Å². The first-order valence-electron chi connectivity index (χ1n) is 8.46. The van der Waals surface area contributed by atoms with E-state index >= 15 is 0 Å². The summed E-state index contributed by atoms with van der Waals surface area (Å²) in [4.78, 5) is 17.0. The molecule has 0 fully saturated rings. The van der Waals surface area contributed by atoms with E-state index in [1.54, 1.807) is 0 Å². The smallest absolute Gasteiger partial charge is 0.237 e. The molecule has 0 spiro atoms. The summed E-state index contributed by atoms with van der Waals surface area (Å²) in [6.45, 7) is 7.89. The van der Waals surface area contributed by atoms with Crippen LogP contribution in [0.25, 0.3) is 11.4 Å². The van der Waals surface area contributed by atoms with E-state index in [-0.39, 0.29) is 11.2 Å². The molecule has 0 aliphatic rings. The first-order chi connectivity index (χ1) is 12.4. The lowest BCUT2D eigenvalue weighted by molar-refractivity contribution is -0.115. The predicted octanol–water partition coefficient (Wildman–Crippen LogP) is 4.52. The maximum Gasteiger partial charge on any atom is 0.237 e. The van der Waals surface area contributed by atoms with E-state index in [1.165, 1.54) is 17.3 Å². The molecule has 1 heterocycles. The van der Waals surface area contributed by atoms with Crippen LogP contribution < -0.4 is 5.32 Å². The molecular weight excluding hydrogens is 344 g/mol. The van der Waals surface area contributed by atoms with E-state index in [9.17, 15) is 4.79 Å². The summed E-state index contributed by atoms with van der Waals surface area (Å²) in [5.74, 6) is 0.639. The summed E-state index contributed by atoms with van der Waals surface area (Å²) in [6.07, 6.45) is 0. The second-order valence-electron chi connectivity index (χ2n) is 6.40. The molecule has 2 aromatic carbocycles. The molecule has 0 saturated carbocycles. The Labute approximate surface area is 157 Å². The van der Waals surface area contributed by atoms with Gasteiger partial charge in [0, 0.05) is 11.3 Å². The highest BCUT2D eigenvalue weighted by Crippen LogP contribution is 2.24. The second kappa shape index (κ2) is 7.74. The van der Waals surface area contributed by atoms with Crippen LogP contribution in [0.5, 0.6) is 0 Å². The molecule has 3 aromatic rings. The molecule has 1 amide bonds. The maximum absolute atomic E-state index is 12.5. The number of benzene rings is 2. The lowest BCUT2D eigenvalue weighted by Gasteiger charge is -2.12. The Morgan fingerprint density at radius 2 is 1.77 bits per heavy atom. The van der Waals surface area contributed by atoms with Crippen LogP contribution >= 0.6 is 11.8 Å². The zero-order valence-electron chi connectivity index (χ0n) is 15.3. The van der Waals surface area contributed by atoms with Crippen LogP contribution in [0.4, 0.5) is 5.69 Å². The maximum atomic E-state index is 12.5. The van der Waals surface area contributed by atoms with Crippen molar-refractivity contribution in [1.29, 1.82) is 0 Å². The number of anilines is 1. The largest absolute Gasteiger partial charge is 0.325 e. The van der Waals surface area contributed by atoms with Gasteiger partial charge in [-0.2, -0.15) is 0 Å². The van der Waals surface area contributed by atoms with Gasteiger partial charge in [-0.15, -0.1) is 5.10 Å². The van der Waals surface area contributed by atoms with Crippen LogP contribution in [0.3, 0.4) is 0 Å². The molecule has 0 saturated heterocycles. The Bertz CT molecular complexity index is 918. The Hall–Kier alpha value is -2.60. The van der Waals surface area contributed by atoms with E-state index in [2.05, 4.69) is 20.5 Å². The number of H-pyrrole nitrogens is 1. The third-order valence-electron chi connectivity index (χ3n) is 4.09. The molecule has 0 aliphatic carbocycles. The number of nitrogens with zero attached hydrogens (tertiary/aromatic N) is 2. The predicted molar refractivity (Wildman–Crippen MR) is 106 cm³/mol. The van der Waals surface area contributed by atoms with Crippen molar-refractivity contribution < 1.29 is 4.79 Å². The molecule has 2 N–H and O–H groups in total. The number of nitrogens with one attached hydrogen (secondary N) is 2. The van der Waals surface area contributed by atoms with Gasteiger partial charge in [0.15, 0.2) is 5.82 Å². The zero-order valence-corrected chi connectivity index (χ0v) is 16.1.